The summed E-state index contributed by atoms with van der Waals surface area (Å²) in [6.45, 7) is 14.3. The first-order valence-electron chi connectivity index (χ1n) is 6.69. The van der Waals surface area contributed by atoms with Crippen LogP contribution in [0.25, 0.3) is 0 Å². The molecule has 0 aromatic carbocycles. The Labute approximate surface area is 106 Å². The average molecular weight is 237 g/mol. The molecule has 0 aliphatic rings. The number of rotatable bonds is 7. The van der Waals surface area contributed by atoms with Gasteiger partial charge in [-0.05, 0) is 43.3 Å². The lowest BCUT2D eigenvalue weighted by Crippen LogP contribution is -2.27. The summed E-state index contributed by atoms with van der Waals surface area (Å²) in [5, 5.41) is 7.86. The Hall–Kier alpha value is -0.830. The maximum absolute atomic E-state index is 4.35. The second kappa shape index (κ2) is 6.20. The first-order valence-corrected chi connectivity index (χ1v) is 6.69. The maximum atomic E-state index is 4.35. The van der Waals surface area contributed by atoms with E-state index in [1.165, 1.54) is 5.56 Å². The number of aryl methyl sites for hydroxylation is 1. The Morgan fingerprint density at radius 1 is 1.41 bits per heavy atom. The summed E-state index contributed by atoms with van der Waals surface area (Å²) in [4.78, 5) is 0. The van der Waals surface area contributed by atoms with E-state index in [-0.39, 0.29) is 5.41 Å². The van der Waals surface area contributed by atoms with Crippen molar-refractivity contribution in [3.63, 3.8) is 0 Å². The minimum Gasteiger partial charge on any atom is -0.316 e. The monoisotopic (exact) mass is 237 g/mol. The van der Waals surface area contributed by atoms with E-state index in [0.29, 0.717) is 0 Å². The number of nitrogens with zero attached hydrogens (tertiary/aromatic N) is 2. The van der Waals surface area contributed by atoms with E-state index in [4.69, 9.17) is 0 Å². The van der Waals surface area contributed by atoms with E-state index in [1.54, 1.807) is 0 Å². The average Bonchev–Trinajstić information content (AvgIpc) is 2.73. The molecule has 0 fully saturated rings. The molecule has 0 aliphatic heterocycles. The predicted octanol–water partition coefficient (Wildman–Crippen LogP) is 2.82. The van der Waals surface area contributed by atoms with Crippen LogP contribution in [0.3, 0.4) is 0 Å². The highest BCUT2D eigenvalue weighted by Gasteiger charge is 2.21. The van der Waals surface area contributed by atoms with Gasteiger partial charge < -0.3 is 5.32 Å². The SMILES string of the molecule is CCn1cc(C(C)(C)CCNCC(C)C)cn1. The molecule has 0 amide bonds. The van der Waals surface area contributed by atoms with Gasteiger partial charge in [0.15, 0.2) is 0 Å². The van der Waals surface area contributed by atoms with Crippen LogP contribution in [-0.2, 0) is 12.0 Å². The van der Waals surface area contributed by atoms with Gasteiger partial charge in [0.05, 0.1) is 6.20 Å². The highest BCUT2D eigenvalue weighted by molar-refractivity contribution is 5.16. The molecular formula is C14H27N3. The van der Waals surface area contributed by atoms with Crippen LogP contribution in [0.4, 0.5) is 0 Å². The van der Waals surface area contributed by atoms with Crippen LogP contribution in [0.5, 0.6) is 0 Å². The summed E-state index contributed by atoms with van der Waals surface area (Å²) in [6.07, 6.45) is 5.32. The molecule has 17 heavy (non-hydrogen) atoms. The Balaban J connectivity index is 2.44. The molecule has 0 unspecified atom stereocenters. The van der Waals surface area contributed by atoms with Gasteiger partial charge in [0.25, 0.3) is 0 Å². The van der Waals surface area contributed by atoms with Gasteiger partial charge in [0.1, 0.15) is 0 Å². The first kappa shape index (κ1) is 14.2. The van der Waals surface area contributed by atoms with Gasteiger partial charge in [-0.3, -0.25) is 4.68 Å². The topological polar surface area (TPSA) is 29.9 Å². The molecular weight excluding hydrogens is 210 g/mol. The van der Waals surface area contributed by atoms with E-state index in [0.717, 1.165) is 32.0 Å². The third kappa shape index (κ3) is 4.50. The third-order valence-corrected chi connectivity index (χ3v) is 3.22. The van der Waals surface area contributed by atoms with Crippen LogP contribution in [0.1, 0.15) is 46.6 Å². The van der Waals surface area contributed by atoms with Crippen molar-refractivity contribution < 1.29 is 0 Å². The standard InChI is InChI=1S/C14H27N3/c1-6-17-11-13(10-16-17)14(4,5)7-8-15-9-12(2)3/h10-12,15H,6-9H2,1-5H3. The second-order valence-corrected chi connectivity index (χ2v) is 5.82. The summed E-state index contributed by atoms with van der Waals surface area (Å²) in [5.41, 5.74) is 1.54. The molecule has 0 saturated carbocycles. The highest BCUT2D eigenvalue weighted by Crippen LogP contribution is 2.25. The molecule has 1 aromatic heterocycles. The van der Waals surface area contributed by atoms with Crippen molar-refractivity contribution in [1.29, 1.82) is 0 Å². The van der Waals surface area contributed by atoms with Crippen LogP contribution in [0.2, 0.25) is 0 Å². The van der Waals surface area contributed by atoms with E-state index in [2.05, 4.69) is 51.2 Å². The van der Waals surface area contributed by atoms with Gasteiger partial charge in [0, 0.05) is 12.7 Å². The van der Waals surface area contributed by atoms with Crippen molar-refractivity contribution in [3.05, 3.63) is 18.0 Å². The van der Waals surface area contributed by atoms with E-state index < -0.39 is 0 Å². The molecule has 3 nitrogen and oxygen atoms in total. The Bertz CT molecular complexity index is 326. The van der Waals surface area contributed by atoms with Crippen LogP contribution >= 0.6 is 0 Å². The van der Waals surface area contributed by atoms with Crippen molar-refractivity contribution in [2.75, 3.05) is 13.1 Å². The smallest absolute Gasteiger partial charge is 0.0527 e. The molecule has 1 rings (SSSR count). The molecule has 0 radical (unpaired) electrons. The maximum Gasteiger partial charge on any atom is 0.0527 e. The van der Waals surface area contributed by atoms with Crippen LogP contribution in [0, 0.1) is 5.92 Å². The fraction of sp³-hybridized carbons (Fsp3) is 0.786. The van der Waals surface area contributed by atoms with Crippen LogP contribution in [-0.4, -0.2) is 22.9 Å². The lowest BCUT2D eigenvalue weighted by atomic mass is 9.83. The lowest BCUT2D eigenvalue weighted by molar-refractivity contribution is 0.441. The third-order valence-electron chi connectivity index (χ3n) is 3.22. The van der Waals surface area contributed by atoms with Crippen molar-refractivity contribution >= 4 is 0 Å². The van der Waals surface area contributed by atoms with Gasteiger partial charge in [-0.15, -0.1) is 0 Å². The van der Waals surface area contributed by atoms with E-state index >= 15 is 0 Å². The molecule has 0 spiro atoms. The number of aromatic nitrogens is 2. The molecule has 3 heteroatoms. The Morgan fingerprint density at radius 2 is 2.12 bits per heavy atom. The molecule has 0 bridgehead atoms. The summed E-state index contributed by atoms with van der Waals surface area (Å²) in [7, 11) is 0. The summed E-state index contributed by atoms with van der Waals surface area (Å²) in [5.74, 6) is 0.723. The fourth-order valence-corrected chi connectivity index (χ4v) is 1.82. The van der Waals surface area contributed by atoms with Crippen molar-refractivity contribution in [3.8, 4) is 0 Å². The predicted molar refractivity (Wildman–Crippen MR) is 73.3 cm³/mol. The zero-order valence-corrected chi connectivity index (χ0v) is 12.0. The van der Waals surface area contributed by atoms with Crippen molar-refractivity contribution in [2.45, 2.75) is 53.0 Å². The minimum atomic E-state index is 0.206. The van der Waals surface area contributed by atoms with Gasteiger partial charge >= 0.3 is 0 Å². The molecule has 0 atom stereocenters. The van der Waals surface area contributed by atoms with E-state index in [1.807, 2.05) is 10.9 Å². The van der Waals surface area contributed by atoms with E-state index in [9.17, 15) is 0 Å². The molecule has 0 saturated heterocycles. The molecule has 1 N–H and O–H groups in total. The zero-order valence-electron chi connectivity index (χ0n) is 12.0. The first-order chi connectivity index (χ1) is 7.95. The Kier molecular flexibility index (Phi) is 5.19. The number of hydrogen-bond donors (Lipinski definition) is 1. The molecule has 1 heterocycles. The molecule has 98 valence electrons. The zero-order chi connectivity index (χ0) is 12.9. The second-order valence-electron chi connectivity index (χ2n) is 5.82. The highest BCUT2D eigenvalue weighted by atomic mass is 15.3. The minimum absolute atomic E-state index is 0.206. The molecule has 1 aromatic rings. The quantitative estimate of drug-likeness (QED) is 0.739. The van der Waals surface area contributed by atoms with Crippen molar-refractivity contribution in [1.82, 2.24) is 15.1 Å². The largest absolute Gasteiger partial charge is 0.316 e. The fourth-order valence-electron chi connectivity index (χ4n) is 1.82. The molecule has 0 aliphatic carbocycles. The summed E-state index contributed by atoms with van der Waals surface area (Å²) >= 11 is 0. The Morgan fingerprint density at radius 3 is 2.65 bits per heavy atom. The van der Waals surface area contributed by atoms with Crippen LogP contribution < -0.4 is 5.32 Å². The van der Waals surface area contributed by atoms with Crippen molar-refractivity contribution in [2.24, 2.45) is 5.92 Å². The lowest BCUT2D eigenvalue weighted by Gasteiger charge is -2.23. The van der Waals surface area contributed by atoms with Gasteiger partial charge in [-0.1, -0.05) is 27.7 Å². The summed E-state index contributed by atoms with van der Waals surface area (Å²) < 4.78 is 2.00. The van der Waals surface area contributed by atoms with Gasteiger partial charge in [0.2, 0.25) is 0 Å². The number of nitrogens with one attached hydrogen (secondary N) is 1. The summed E-state index contributed by atoms with van der Waals surface area (Å²) in [6, 6.07) is 0. The van der Waals surface area contributed by atoms with Gasteiger partial charge in [-0.25, -0.2) is 0 Å². The number of hydrogen-bond acceptors (Lipinski definition) is 2. The normalized spacial score (nSPS) is 12.4. The van der Waals surface area contributed by atoms with Gasteiger partial charge in [-0.2, -0.15) is 5.10 Å². The van der Waals surface area contributed by atoms with Crippen LogP contribution in [0.15, 0.2) is 12.4 Å².